The second-order valence-electron chi connectivity index (χ2n) is 25.8. The molecule has 0 rings (SSSR count). The molecule has 108 heavy (non-hydrogen) atoms. The number of carbonyl (C=O) groups is 4. The Morgan fingerprint density at radius 2 is 0.500 bits per heavy atom. The second-order valence-corrected chi connectivity index (χ2v) is 28.8. The molecule has 5 unspecified atom stereocenters. The van der Waals surface area contributed by atoms with Crippen molar-refractivity contribution in [2.75, 3.05) is 39.6 Å². The molecule has 0 aromatic carbocycles. The van der Waals surface area contributed by atoms with E-state index in [9.17, 15) is 43.2 Å². The largest absolute Gasteiger partial charge is 0.472 e. The van der Waals surface area contributed by atoms with Crippen LogP contribution in [0.4, 0.5) is 0 Å². The van der Waals surface area contributed by atoms with Crippen LogP contribution in [-0.2, 0) is 65.4 Å². The van der Waals surface area contributed by atoms with Gasteiger partial charge in [-0.05, 0) is 161 Å². The minimum atomic E-state index is -5.02. The van der Waals surface area contributed by atoms with E-state index in [1.54, 1.807) is 12.2 Å². The molecular weight excluding hydrogens is 1400 g/mol. The predicted octanol–water partition coefficient (Wildman–Crippen LogP) is 23.9. The maximum absolute atomic E-state index is 13.1. The van der Waals surface area contributed by atoms with Crippen molar-refractivity contribution in [3.63, 3.8) is 0 Å². The molecule has 5 atom stereocenters. The Balaban J connectivity index is 5.52. The van der Waals surface area contributed by atoms with Crippen molar-refractivity contribution in [3.8, 4) is 0 Å². The zero-order valence-electron chi connectivity index (χ0n) is 66.4. The standard InChI is InChI=1S/C89H140O17P2/c1-5-9-13-17-21-25-29-33-37-40-41-44-47-50-54-58-62-66-70-74-87(92)100-80-85(106-89(94)76-72-68-64-60-56-52-48-43-39-35-31-27-23-19-15-11-7-3)82-104-108(97,98)102-78-83(90)77-101-107(95,96)103-81-84(105-88(93)75-71-67-63-59-55-51-45-36-32-28-24-20-16-12-8-4)79-99-86(91)73-69-65-61-57-53-49-46-42-38-34-30-26-22-18-14-10-6-2/h9-16,21-28,33-39,41,44-45,48,52,55,59-60,64,67,71,83-85,90H,5-8,17-20,29-32,40,42-43,46-47,49-51,53-54,56-58,61-63,65-66,68-70,72-82H2,1-4H3,(H,95,96)(H,97,98)/b13-9-,14-10-,15-11-,16-12-,25-21-,26-22-,27-23-,28-24-,37-33-,38-34-,39-35-,44-41-,45-36-,52-48-,59-55-,64-60-,71-67-. The Kier molecular flexibility index (Phi) is 74.1. The van der Waals surface area contributed by atoms with Gasteiger partial charge in [0.1, 0.15) is 19.3 Å². The number of aliphatic hydroxyl groups excluding tert-OH is 1. The van der Waals surface area contributed by atoms with Crippen LogP contribution in [0.3, 0.4) is 0 Å². The molecule has 3 N–H and O–H groups in total. The normalized spacial score (nSPS) is 14.9. The average Bonchev–Trinajstić information content (AvgIpc) is 0.900. The molecule has 0 aliphatic heterocycles. The van der Waals surface area contributed by atoms with Crippen LogP contribution in [0.25, 0.3) is 0 Å². The fourth-order valence-corrected chi connectivity index (χ4v) is 11.4. The van der Waals surface area contributed by atoms with Crippen LogP contribution in [0.5, 0.6) is 0 Å². The van der Waals surface area contributed by atoms with Crippen LogP contribution in [0.15, 0.2) is 207 Å². The molecule has 608 valence electrons. The minimum absolute atomic E-state index is 0.00189. The summed E-state index contributed by atoms with van der Waals surface area (Å²) in [7, 11) is -10.0. The van der Waals surface area contributed by atoms with Gasteiger partial charge < -0.3 is 33.8 Å². The molecule has 0 saturated heterocycles. The zero-order valence-corrected chi connectivity index (χ0v) is 68.2. The van der Waals surface area contributed by atoms with Crippen LogP contribution in [-0.4, -0.2) is 96.7 Å². The fourth-order valence-electron chi connectivity index (χ4n) is 9.81. The van der Waals surface area contributed by atoms with Crippen LogP contribution in [0, 0.1) is 0 Å². The Morgan fingerprint density at radius 1 is 0.269 bits per heavy atom. The number of rotatable bonds is 73. The summed E-state index contributed by atoms with van der Waals surface area (Å²) in [5.41, 5.74) is 0. The van der Waals surface area contributed by atoms with Crippen molar-refractivity contribution >= 4 is 39.5 Å². The van der Waals surface area contributed by atoms with Crippen LogP contribution < -0.4 is 0 Å². The number of hydrogen-bond donors (Lipinski definition) is 3. The van der Waals surface area contributed by atoms with E-state index in [0.29, 0.717) is 32.1 Å². The topological polar surface area (TPSA) is 237 Å². The van der Waals surface area contributed by atoms with Gasteiger partial charge in [0, 0.05) is 19.3 Å². The van der Waals surface area contributed by atoms with Gasteiger partial charge in [0.15, 0.2) is 12.2 Å². The molecule has 0 aliphatic rings. The van der Waals surface area contributed by atoms with Gasteiger partial charge in [-0.25, -0.2) is 9.13 Å². The maximum Gasteiger partial charge on any atom is 0.472 e. The Labute approximate surface area is 652 Å². The third-order valence-corrected chi connectivity index (χ3v) is 17.7. The van der Waals surface area contributed by atoms with E-state index in [0.717, 1.165) is 186 Å². The summed E-state index contributed by atoms with van der Waals surface area (Å²) in [6.45, 7) is 4.19. The van der Waals surface area contributed by atoms with E-state index in [1.807, 2.05) is 24.3 Å². The summed E-state index contributed by atoms with van der Waals surface area (Å²) in [5, 5.41) is 10.6. The number of hydrogen-bond acceptors (Lipinski definition) is 15. The molecule has 0 spiro atoms. The molecule has 19 heteroatoms. The molecule has 0 heterocycles. The SMILES string of the molecule is CC/C=C\C/C=C\C/C=C\C/C=C\C/C=C\CCCC(=O)OC(COC(=O)CCCCCCCC/C=C\C/C=C\C/C=C\C/C=C\CC)COP(=O)(O)OCC(O)COP(=O)(O)OCC(COC(=O)CCCCCCCCC/C=C\C/C=C\C/C=C\CC)OC(=O)C/C=C\C/C=C\C/C=C\C/C=C\C/C=C\CC. The number of esters is 4. The summed E-state index contributed by atoms with van der Waals surface area (Å²) in [6.07, 6.45) is 98.4. The predicted molar refractivity (Wildman–Crippen MR) is 445 cm³/mol. The van der Waals surface area contributed by atoms with Gasteiger partial charge >= 0.3 is 39.5 Å². The molecule has 0 bridgehead atoms. The first-order chi connectivity index (χ1) is 52.7. The second kappa shape index (κ2) is 78.8. The highest BCUT2D eigenvalue weighted by Gasteiger charge is 2.30. The van der Waals surface area contributed by atoms with Crippen LogP contribution in [0.2, 0.25) is 0 Å². The number of carbonyl (C=O) groups excluding carboxylic acids is 4. The summed E-state index contributed by atoms with van der Waals surface area (Å²) >= 11 is 0. The lowest BCUT2D eigenvalue weighted by molar-refractivity contribution is -0.161. The van der Waals surface area contributed by atoms with E-state index in [1.165, 1.54) is 0 Å². The van der Waals surface area contributed by atoms with Crippen LogP contribution in [0.1, 0.15) is 272 Å². The van der Waals surface area contributed by atoms with Gasteiger partial charge in [0.25, 0.3) is 0 Å². The number of phosphoric ester groups is 2. The van der Waals surface area contributed by atoms with E-state index >= 15 is 0 Å². The molecule has 0 fully saturated rings. The van der Waals surface area contributed by atoms with Gasteiger partial charge in [-0.3, -0.25) is 37.3 Å². The smallest absolute Gasteiger partial charge is 0.462 e. The molecular formula is C89H140O17P2. The summed E-state index contributed by atoms with van der Waals surface area (Å²) in [4.78, 5) is 73.0. The highest BCUT2D eigenvalue weighted by Crippen LogP contribution is 2.45. The molecule has 0 aliphatic carbocycles. The summed E-state index contributed by atoms with van der Waals surface area (Å²) < 4.78 is 68.4. The first kappa shape index (κ1) is 102. The van der Waals surface area contributed by atoms with Crippen molar-refractivity contribution in [1.82, 2.24) is 0 Å². The van der Waals surface area contributed by atoms with Gasteiger partial charge in [-0.1, -0.05) is 292 Å². The Morgan fingerprint density at radius 3 is 0.806 bits per heavy atom. The number of phosphoric acid groups is 2. The van der Waals surface area contributed by atoms with Crippen molar-refractivity contribution in [2.24, 2.45) is 0 Å². The van der Waals surface area contributed by atoms with Crippen molar-refractivity contribution in [1.29, 1.82) is 0 Å². The molecule has 0 saturated carbocycles. The van der Waals surface area contributed by atoms with Gasteiger partial charge in [0.05, 0.1) is 32.8 Å². The van der Waals surface area contributed by atoms with Crippen molar-refractivity contribution < 1.29 is 80.2 Å². The van der Waals surface area contributed by atoms with E-state index in [-0.39, 0.29) is 25.7 Å². The first-order valence-electron chi connectivity index (χ1n) is 40.3. The quantitative estimate of drug-likeness (QED) is 0.0169. The lowest BCUT2D eigenvalue weighted by Gasteiger charge is -2.21. The van der Waals surface area contributed by atoms with Gasteiger partial charge in [-0.2, -0.15) is 0 Å². The van der Waals surface area contributed by atoms with Crippen molar-refractivity contribution in [3.05, 3.63) is 207 Å². The van der Waals surface area contributed by atoms with E-state index in [2.05, 4.69) is 198 Å². The van der Waals surface area contributed by atoms with E-state index < -0.39 is 97.5 Å². The number of ether oxygens (including phenoxy) is 4. The first-order valence-corrected chi connectivity index (χ1v) is 43.3. The molecule has 0 amide bonds. The summed E-state index contributed by atoms with van der Waals surface area (Å²) in [6, 6.07) is 0. The Bertz CT molecular complexity index is 2860. The van der Waals surface area contributed by atoms with Crippen molar-refractivity contribution in [2.45, 2.75) is 290 Å². The van der Waals surface area contributed by atoms with Gasteiger partial charge in [0.2, 0.25) is 0 Å². The fraction of sp³-hybridized carbons (Fsp3) is 0.573. The number of allylic oxidation sites excluding steroid dienone is 33. The highest BCUT2D eigenvalue weighted by molar-refractivity contribution is 7.47. The number of unbranched alkanes of at least 4 members (excludes halogenated alkanes) is 14. The monoisotopic (exact) mass is 1540 g/mol. The number of aliphatic hydroxyl groups is 1. The summed E-state index contributed by atoms with van der Waals surface area (Å²) in [5.74, 6) is -2.44. The Hall–Kier alpha value is -6.36. The van der Waals surface area contributed by atoms with E-state index in [4.69, 9.17) is 37.0 Å². The van der Waals surface area contributed by atoms with Gasteiger partial charge in [-0.15, -0.1) is 0 Å². The lowest BCUT2D eigenvalue weighted by Crippen LogP contribution is -2.30. The maximum atomic E-state index is 13.1. The highest BCUT2D eigenvalue weighted by atomic mass is 31.2. The third-order valence-electron chi connectivity index (χ3n) is 15.8. The van der Waals surface area contributed by atoms with Crippen LogP contribution >= 0.6 is 15.6 Å². The molecule has 0 radical (unpaired) electrons. The molecule has 17 nitrogen and oxygen atoms in total. The minimum Gasteiger partial charge on any atom is -0.462 e. The third kappa shape index (κ3) is 77.8. The molecule has 0 aromatic rings. The lowest BCUT2D eigenvalue weighted by atomic mass is 10.1. The zero-order chi connectivity index (χ0) is 78.9. The molecule has 0 aromatic heterocycles. The average molecular weight is 1540 g/mol.